The fraction of sp³-hybridized carbons (Fsp3) is 0.312. The Labute approximate surface area is 113 Å². The molecule has 0 N–H and O–H groups in total. The van der Waals surface area contributed by atoms with E-state index in [2.05, 4.69) is 35.8 Å². The number of benzene rings is 1. The molecule has 0 atom stereocenters. The Morgan fingerprint density at radius 1 is 1.16 bits per heavy atom. The number of ether oxygens (including phenoxy) is 1. The summed E-state index contributed by atoms with van der Waals surface area (Å²) in [5.74, 6) is -0.248. The largest absolute Gasteiger partial charge is 0.462 e. The van der Waals surface area contributed by atoms with Crippen molar-refractivity contribution in [3.63, 3.8) is 0 Å². The predicted molar refractivity (Wildman–Crippen MR) is 75.4 cm³/mol. The monoisotopic (exact) mass is 257 g/mol. The van der Waals surface area contributed by atoms with Crippen molar-refractivity contribution >= 4 is 5.97 Å². The highest BCUT2D eigenvalue weighted by atomic mass is 16.5. The second-order valence-electron chi connectivity index (χ2n) is 4.65. The first-order chi connectivity index (χ1) is 9.11. The molecule has 1 heterocycles. The van der Waals surface area contributed by atoms with Crippen LogP contribution in [0.1, 0.15) is 34.1 Å². The average molecular weight is 257 g/mol. The van der Waals surface area contributed by atoms with E-state index in [1.54, 1.807) is 0 Å². The van der Waals surface area contributed by atoms with Crippen LogP contribution in [0, 0.1) is 13.8 Å². The Kier molecular flexibility index (Phi) is 4.05. The summed E-state index contributed by atoms with van der Waals surface area (Å²) in [7, 11) is 0. The van der Waals surface area contributed by atoms with E-state index in [1.165, 1.54) is 11.1 Å². The summed E-state index contributed by atoms with van der Waals surface area (Å²) in [4.78, 5) is 11.7. The van der Waals surface area contributed by atoms with E-state index in [-0.39, 0.29) is 5.97 Å². The van der Waals surface area contributed by atoms with Crippen LogP contribution in [0.2, 0.25) is 0 Å². The maximum atomic E-state index is 11.7. The maximum Gasteiger partial charge on any atom is 0.339 e. The summed E-state index contributed by atoms with van der Waals surface area (Å²) >= 11 is 0. The second kappa shape index (κ2) is 5.74. The Balaban J connectivity index is 2.18. The molecule has 0 spiro atoms. The van der Waals surface area contributed by atoms with Crippen molar-refractivity contribution in [1.82, 2.24) is 4.57 Å². The third kappa shape index (κ3) is 3.05. The topological polar surface area (TPSA) is 31.2 Å². The molecule has 0 fully saturated rings. The molecule has 2 rings (SSSR count). The van der Waals surface area contributed by atoms with Crippen LogP contribution in [0.5, 0.6) is 0 Å². The second-order valence-corrected chi connectivity index (χ2v) is 4.65. The molecule has 0 saturated carbocycles. The summed E-state index contributed by atoms with van der Waals surface area (Å²) in [6, 6.07) is 10.2. The van der Waals surface area contributed by atoms with Crippen LogP contribution in [0.25, 0.3) is 0 Å². The molecule has 0 aliphatic heterocycles. The number of rotatable bonds is 4. The Morgan fingerprint density at radius 2 is 1.84 bits per heavy atom. The van der Waals surface area contributed by atoms with Gasteiger partial charge >= 0.3 is 5.97 Å². The molecular formula is C16H19NO2. The molecule has 0 saturated heterocycles. The molecule has 0 amide bonds. The van der Waals surface area contributed by atoms with Crippen molar-refractivity contribution in [2.24, 2.45) is 0 Å². The van der Waals surface area contributed by atoms with Crippen LogP contribution in [0.4, 0.5) is 0 Å². The summed E-state index contributed by atoms with van der Waals surface area (Å²) in [6.07, 6.45) is 1.93. The molecule has 3 nitrogen and oxygen atoms in total. The zero-order chi connectivity index (χ0) is 13.8. The average Bonchev–Trinajstić information content (AvgIpc) is 2.74. The van der Waals surface area contributed by atoms with Gasteiger partial charge in [0.05, 0.1) is 12.2 Å². The van der Waals surface area contributed by atoms with E-state index >= 15 is 0 Å². The van der Waals surface area contributed by atoms with Crippen LogP contribution in [-0.4, -0.2) is 17.1 Å². The number of hydrogen-bond donors (Lipinski definition) is 0. The van der Waals surface area contributed by atoms with Crippen LogP contribution in [-0.2, 0) is 11.3 Å². The van der Waals surface area contributed by atoms with E-state index in [0.717, 1.165) is 12.2 Å². The quantitative estimate of drug-likeness (QED) is 0.787. The summed E-state index contributed by atoms with van der Waals surface area (Å²) in [5, 5.41) is 0. The van der Waals surface area contributed by atoms with Crippen LogP contribution >= 0.6 is 0 Å². The number of nitrogens with zero attached hydrogens (tertiary/aromatic N) is 1. The van der Waals surface area contributed by atoms with Crippen molar-refractivity contribution < 1.29 is 9.53 Å². The number of aromatic nitrogens is 1. The Morgan fingerprint density at radius 3 is 2.47 bits per heavy atom. The molecule has 3 heteroatoms. The number of hydrogen-bond acceptors (Lipinski definition) is 2. The van der Waals surface area contributed by atoms with Gasteiger partial charge in [0, 0.05) is 18.4 Å². The minimum Gasteiger partial charge on any atom is -0.462 e. The Hall–Kier alpha value is -2.03. The van der Waals surface area contributed by atoms with Gasteiger partial charge in [-0.2, -0.15) is 0 Å². The third-order valence-corrected chi connectivity index (χ3v) is 3.21. The molecule has 0 aliphatic carbocycles. The van der Waals surface area contributed by atoms with Gasteiger partial charge in [0.25, 0.3) is 0 Å². The molecule has 1 aromatic heterocycles. The normalized spacial score (nSPS) is 10.5. The number of esters is 1. The van der Waals surface area contributed by atoms with Crippen LogP contribution in [0.3, 0.4) is 0 Å². The van der Waals surface area contributed by atoms with E-state index in [4.69, 9.17) is 4.74 Å². The first-order valence-electron chi connectivity index (χ1n) is 6.50. The van der Waals surface area contributed by atoms with Crippen LogP contribution in [0.15, 0.2) is 36.5 Å². The van der Waals surface area contributed by atoms with Crippen molar-refractivity contribution in [1.29, 1.82) is 0 Å². The maximum absolute atomic E-state index is 11.7. The molecule has 0 radical (unpaired) electrons. The summed E-state index contributed by atoms with van der Waals surface area (Å²) < 4.78 is 7.10. The molecule has 0 aliphatic rings. The van der Waals surface area contributed by atoms with Gasteiger partial charge in [-0.3, -0.25) is 0 Å². The van der Waals surface area contributed by atoms with Crippen molar-refractivity contribution in [3.05, 3.63) is 58.9 Å². The highest BCUT2D eigenvalue weighted by Gasteiger charge is 2.13. The number of aryl methyl sites for hydroxylation is 1. The minimum absolute atomic E-state index is 0.248. The molecule has 19 heavy (non-hydrogen) atoms. The first-order valence-corrected chi connectivity index (χ1v) is 6.50. The van der Waals surface area contributed by atoms with E-state index < -0.39 is 0 Å². The highest BCUT2D eigenvalue weighted by molar-refractivity contribution is 5.90. The van der Waals surface area contributed by atoms with E-state index in [0.29, 0.717) is 12.2 Å². The minimum atomic E-state index is -0.248. The summed E-state index contributed by atoms with van der Waals surface area (Å²) in [6.45, 7) is 7.01. The lowest BCUT2D eigenvalue weighted by molar-refractivity contribution is 0.0525. The lowest BCUT2D eigenvalue weighted by Crippen LogP contribution is -2.07. The lowest BCUT2D eigenvalue weighted by Gasteiger charge is -2.08. The van der Waals surface area contributed by atoms with Gasteiger partial charge in [-0.15, -0.1) is 0 Å². The van der Waals surface area contributed by atoms with Crippen LogP contribution < -0.4 is 0 Å². The SMILES string of the molecule is CCOC(=O)c1ccn(Cc2ccc(C)cc2)c1C. The highest BCUT2D eigenvalue weighted by Crippen LogP contribution is 2.14. The fourth-order valence-corrected chi connectivity index (χ4v) is 2.04. The van der Waals surface area contributed by atoms with Crippen molar-refractivity contribution in [2.45, 2.75) is 27.3 Å². The first kappa shape index (κ1) is 13.4. The molecule has 100 valence electrons. The van der Waals surface area contributed by atoms with E-state index in [9.17, 15) is 4.79 Å². The fourth-order valence-electron chi connectivity index (χ4n) is 2.04. The zero-order valence-corrected chi connectivity index (χ0v) is 11.6. The molecular weight excluding hydrogens is 238 g/mol. The molecule has 0 bridgehead atoms. The smallest absolute Gasteiger partial charge is 0.339 e. The molecule has 1 aromatic carbocycles. The van der Waals surface area contributed by atoms with Gasteiger partial charge in [0.2, 0.25) is 0 Å². The number of carbonyl (C=O) groups excluding carboxylic acids is 1. The van der Waals surface area contributed by atoms with Gasteiger partial charge in [-0.25, -0.2) is 4.79 Å². The molecule has 2 aromatic rings. The lowest BCUT2D eigenvalue weighted by atomic mass is 10.1. The summed E-state index contributed by atoms with van der Waals surface area (Å²) in [5.41, 5.74) is 4.06. The van der Waals surface area contributed by atoms with Crippen molar-refractivity contribution in [3.8, 4) is 0 Å². The predicted octanol–water partition coefficient (Wildman–Crippen LogP) is 3.33. The van der Waals surface area contributed by atoms with Gasteiger partial charge in [-0.05, 0) is 32.4 Å². The van der Waals surface area contributed by atoms with Gasteiger partial charge < -0.3 is 9.30 Å². The third-order valence-electron chi connectivity index (χ3n) is 3.21. The Bertz CT molecular complexity index is 567. The van der Waals surface area contributed by atoms with Crippen molar-refractivity contribution in [2.75, 3.05) is 6.61 Å². The zero-order valence-electron chi connectivity index (χ0n) is 11.6. The van der Waals surface area contributed by atoms with Gasteiger partial charge in [-0.1, -0.05) is 29.8 Å². The molecule has 0 unspecified atom stereocenters. The van der Waals surface area contributed by atoms with E-state index in [1.807, 2.05) is 26.1 Å². The van der Waals surface area contributed by atoms with Gasteiger partial charge in [0.15, 0.2) is 0 Å². The standard InChI is InChI=1S/C16H19NO2/c1-4-19-16(18)15-9-10-17(13(15)3)11-14-7-5-12(2)6-8-14/h5-10H,4,11H2,1-3H3. The van der Waals surface area contributed by atoms with Gasteiger partial charge in [0.1, 0.15) is 0 Å². The number of carbonyl (C=O) groups is 1.